The van der Waals surface area contributed by atoms with Crippen LogP contribution in [0.25, 0.3) is 0 Å². The quantitative estimate of drug-likeness (QED) is 0.131. The number of phenols is 1. The van der Waals surface area contributed by atoms with Gasteiger partial charge in [-0.1, -0.05) is 65.0 Å². The zero-order valence-electron chi connectivity index (χ0n) is 33.8. The molecule has 5 amide bonds. The summed E-state index contributed by atoms with van der Waals surface area (Å²) in [6.45, 7) is 20.6. The number of methoxy groups -OCH3 is 1. The van der Waals surface area contributed by atoms with Crippen molar-refractivity contribution in [1.82, 2.24) is 15.5 Å². The van der Waals surface area contributed by atoms with Crippen LogP contribution in [0.15, 0.2) is 60.8 Å². The van der Waals surface area contributed by atoms with E-state index in [1.165, 1.54) is 37.1 Å². The molecule has 304 valence electrons. The van der Waals surface area contributed by atoms with Gasteiger partial charge in [-0.15, -0.1) is 0 Å². The molecular weight excluding hydrogens is 739 g/mol. The van der Waals surface area contributed by atoms with Crippen molar-refractivity contribution >= 4 is 49.6 Å². The predicted octanol–water partition coefficient (Wildman–Crippen LogP) is 6.40. The second-order valence-electron chi connectivity index (χ2n) is 15.9. The Morgan fingerprint density at radius 3 is 2.29 bits per heavy atom. The van der Waals surface area contributed by atoms with Gasteiger partial charge in [-0.05, 0) is 68.1 Å². The molecule has 2 aromatic carbocycles. The first-order valence-electron chi connectivity index (χ1n) is 18.5. The zero-order valence-corrected chi connectivity index (χ0v) is 34.8. The first kappa shape index (κ1) is 43.4. The summed E-state index contributed by atoms with van der Waals surface area (Å²) < 4.78 is 23.1. The number of amides is 5. The van der Waals surface area contributed by atoms with E-state index in [0.717, 1.165) is 5.57 Å². The summed E-state index contributed by atoms with van der Waals surface area (Å²) >= 11 is 0. The van der Waals surface area contributed by atoms with Gasteiger partial charge in [0.2, 0.25) is 11.8 Å². The molecule has 4 unspecified atom stereocenters. The van der Waals surface area contributed by atoms with E-state index in [9.17, 15) is 29.1 Å². The Balaban J connectivity index is 1.52. The van der Waals surface area contributed by atoms with Gasteiger partial charge in [0.15, 0.2) is 26.0 Å². The monoisotopic (exact) mass is 793 g/mol. The Hall–Kier alpha value is -5.35. The summed E-state index contributed by atoms with van der Waals surface area (Å²) in [5.41, 5.74) is 2.23. The van der Waals surface area contributed by atoms with Crippen LogP contribution in [-0.4, -0.2) is 86.3 Å². The number of aromatic hydroxyl groups is 1. The molecule has 0 fully saturated rings. The summed E-state index contributed by atoms with van der Waals surface area (Å²) in [7, 11) is -1.21. The first-order valence-corrected chi connectivity index (χ1v) is 21.4. The van der Waals surface area contributed by atoms with Crippen LogP contribution in [0.3, 0.4) is 0 Å². The van der Waals surface area contributed by atoms with Crippen molar-refractivity contribution in [2.75, 3.05) is 23.9 Å². The van der Waals surface area contributed by atoms with E-state index in [0.29, 0.717) is 17.7 Å². The van der Waals surface area contributed by atoms with Crippen molar-refractivity contribution in [3.8, 4) is 11.5 Å². The predicted molar refractivity (Wildman–Crippen MR) is 214 cm³/mol. The van der Waals surface area contributed by atoms with E-state index >= 15 is 0 Å². The summed E-state index contributed by atoms with van der Waals surface area (Å²) in [6, 6.07) is 6.89. The van der Waals surface area contributed by atoms with Gasteiger partial charge in [-0.3, -0.25) is 14.4 Å². The Morgan fingerprint density at radius 2 is 1.70 bits per heavy atom. The maximum Gasteiger partial charge on any atom is 0.416 e. The van der Waals surface area contributed by atoms with Gasteiger partial charge in [0, 0.05) is 18.0 Å². The van der Waals surface area contributed by atoms with Crippen LogP contribution in [0.4, 0.5) is 21.0 Å². The third-order valence-electron chi connectivity index (χ3n) is 10.2. The van der Waals surface area contributed by atoms with E-state index in [4.69, 9.17) is 18.6 Å². The van der Waals surface area contributed by atoms with Gasteiger partial charge in [-0.2, -0.15) is 0 Å². The summed E-state index contributed by atoms with van der Waals surface area (Å²) in [6.07, 6.45) is 1.12. The fraction of sp³-hybridized carbons (Fsp3) is 0.475. The Morgan fingerprint density at radius 1 is 1.04 bits per heavy atom. The molecule has 0 spiro atoms. The largest absolute Gasteiger partial charge is 0.504 e. The highest BCUT2D eigenvalue weighted by Crippen LogP contribution is 2.45. The number of carbonyl (C=O) groups is 5. The molecule has 2 aliphatic heterocycles. The van der Waals surface area contributed by atoms with Crippen molar-refractivity contribution in [3.63, 3.8) is 0 Å². The molecule has 0 bridgehead atoms. The molecule has 0 saturated heterocycles. The van der Waals surface area contributed by atoms with Gasteiger partial charge in [0.1, 0.15) is 25.3 Å². The molecule has 4 atom stereocenters. The SMILES string of the molecule is C=CCOC(=O)NC(C(=O)NC(C)C(=O)Nc1ccc(COC(=O)N2c3cc(O)c(OC)cc3C(=O)N3C=C(C)CC3C2O[Si](C)(C)C(C)(C)C)cc1)C(C)C. The molecule has 56 heavy (non-hydrogen) atoms. The molecule has 0 aliphatic carbocycles. The maximum absolute atomic E-state index is 14.3. The van der Waals surface area contributed by atoms with Crippen molar-refractivity contribution in [1.29, 1.82) is 0 Å². The minimum Gasteiger partial charge on any atom is -0.504 e. The third kappa shape index (κ3) is 9.89. The summed E-state index contributed by atoms with van der Waals surface area (Å²) in [5.74, 6) is -1.89. The molecule has 4 rings (SSSR count). The molecule has 16 heteroatoms. The Labute approximate surface area is 329 Å². The number of hydrogen-bond donors (Lipinski definition) is 4. The van der Waals surface area contributed by atoms with E-state index in [2.05, 4.69) is 56.4 Å². The number of fused-ring (bicyclic) bond motifs is 2. The van der Waals surface area contributed by atoms with E-state index in [-0.39, 0.29) is 52.8 Å². The highest BCUT2D eigenvalue weighted by atomic mass is 28.4. The van der Waals surface area contributed by atoms with Crippen molar-refractivity contribution < 1.29 is 47.7 Å². The van der Waals surface area contributed by atoms with E-state index in [1.54, 1.807) is 49.2 Å². The molecular formula is C40H55N5O10Si. The molecule has 2 aliphatic rings. The number of alkyl carbamates (subject to hydrolysis) is 1. The summed E-state index contributed by atoms with van der Waals surface area (Å²) in [5, 5.41) is 18.5. The summed E-state index contributed by atoms with van der Waals surface area (Å²) in [4.78, 5) is 69.2. The van der Waals surface area contributed by atoms with Gasteiger partial charge in [0.05, 0.1) is 24.4 Å². The van der Waals surface area contributed by atoms with Crippen LogP contribution < -0.4 is 25.6 Å². The van der Waals surface area contributed by atoms with Crippen LogP contribution in [0.1, 0.15) is 70.8 Å². The molecule has 15 nitrogen and oxygen atoms in total. The number of ether oxygens (including phenoxy) is 3. The standard InChI is InChI=1S/C40H55N5O10Si/c1-12-17-53-38(50)43-33(23(2)3)35(48)41-25(5)34(47)42-27-15-13-26(14-16-27)22-54-39(51)45-29-20-31(46)32(52-9)19-28(29)36(49)44-21-24(4)18-30(44)37(45)55-56(10,11)40(6,7)8/h12-16,19-21,23,25,30,33,37,46H,1,17-18,22H2,2-11H3,(H,41,48)(H,42,47)(H,43,50). The molecule has 2 aromatic rings. The Bertz CT molecular complexity index is 1860. The molecule has 0 radical (unpaired) electrons. The van der Waals surface area contributed by atoms with Crippen LogP contribution in [0, 0.1) is 5.92 Å². The number of hydrogen-bond acceptors (Lipinski definition) is 10. The minimum atomic E-state index is -2.59. The number of anilines is 2. The van der Waals surface area contributed by atoms with Crippen molar-refractivity contribution in [2.24, 2.45) is 5.92 Å². The highest BCUT2D eigenvalue weighted by molar-refractivity contribution is 6.74. The second-order valence-corrected chi connectivity index (χ2v) is 20.6. The Kier molecular flexibility index (Phi) is 13.7. The van der Waals surface area contributed by atoms with Crippen LogP contribution >= 0.6 is 0 Å². The number of phenolic OH excluding ortho intramolecular Hbond substituents is 1. The molecule has 4 N–H and O–H groups in total. The fourth-order valence-corrected chi connectivity index (χ4v) is 7.19. The van der Waals surface area contributed by atoms with Crippen molar-refractivity contribution in [2.45, 2.75) is 104 Å². The van der Waals surface area contributed by atoms with Gasteiger partial charge >= 0.3 is 12.2 Å². The number of nitrogens with zero attached hydrogens (tertiary/aromatic N) is 2. The van der Waals surface area contributed by atoms with E-state index < -0.39 is 56.7 Å². The maximum atomic E-state index is 14.3. The second kappa shape index (κ2) is 17.6. The average Bonchev–Trinajstić information content (AvgIpc) is 3.49. The lowest BCUT2D eigenvalue weighted by Gasteiger charge is -2.44. The zero-order chi connectivity index (χ0) is 41.7. The minimum absolute atomic E-state index is 0.0153. The number of rotatable bonds is 13. The van der Waals surface area contributed by atoms with Gasteiger partial charge < -0.3 is 44.6 Å². The lowest BCUT2D eigenvalue weighted by molar-refractivity contribution is -0.128. The molecule has 0 aromatic heterocycles. The highest BCUT2D eigenvalue weighted by Gasteiger charge is 2.50. The normalized spacial score (nSPS) is 17.8. The van der Waals surface area contributed by atoms with Crippen molar-refractivity contribution in [3.05, 3.63) is 72.0 Å². The first-order chi connectivity index (χ1) is 26.2. The average molecular weight is 794 g/mol. The van der Waals surface area contributed by atoms with Crippen LogP contribution in [-0.2, 0) is 30.1 Å². The number of benzene rings is 2. The van der Waals surface area contributed by atoms with E-state index in [1.807, 2.05) is 6.92 Å². The van der Waals surface area contributed by atoms with Crippen LogP contribution in [0.2, 0.25) is 18.1 Å². The lowest BCUT2D eigenvalue weighted by Crippen LogP contribution is -2.57. The third-order valence-corrected chi connectivity index (χ3v) is 14.6. The smallest absolute Gasteiger partial charge is 0.416 e. The molecule has 0 saturated carbocycles. The lowest BCUT2D eigenvalue weighted by atomic mass is 10.0. The topological polar surface area (TPSA) is 185 Å². The van der Waals surface area contributed by atoms with Crippen LogP contribution in [0.5, 0.6) is 11.5 Å². The molecule has 2 heterocycles. The van der Waals surface area contributed by atoms with Gasteiger partial charge in [0.25, 0.3) is 5.91 Å². The number of carbonyl (C=O) groups excluding carboxylic acids is 5. The fourth-order valence-electron chi connectivity index (χ4n) is 5.97. The number of nitrogens with one attached hydrogen (secondary N) is 3. The van der Waals surface area contributed by atoms with Gasteiger partial charge in [-0.25, -0.2) is 14.5 Å².